The van der Waals surface area contributed by atoms with E-state index in [0.717, 1.165) is 13.0 Å². The summed E-state index contributed by atoms with van der Waals surface area (Å²) in [6, 6.07) is 19.6. The van der Waals surface area contributed by atoms with E-state index >= 15 is 0 Å². The molecule has 1 N–H and O–H groups in total. The number of hydrogen-bond acceptors (Lipinski definition) is 2. The summed E-state index contributed by atoms with van der Waals surface area (Å²) >= 11 is 0. The van der Waals surface area contributed by atoms with E-state index in [0.29, 0.717) is 6.04 Å². The molecule has 0 aliphatic carbocycles. The van der Waals surface area contributed by atoms with E-state index in [2.05, 4.69) is 64.9 Å². The standard InChI is InChI=1S/C16H16N2/c1-2-6-13(7-3-1)16-9-5-4-8-14(16)10-15-11-17-12-18-15/h1-9,12,15H,10-11H2,(H,17,18). The quantitative estimate of drug-likeness (QED) is 0.870. The number of aliphatic imine (C=N–C) groups is 1. The van der Waals surface area contributed by atoms with Crippen LogP contribution in [-0.4, -0.2) is 18.9 Å². The molecule has 1 atom stereocenters. The highest BCUT2D eigenvalue weighted by Crippen LogP contribution is 2.24. The van der Waals surface area contributed by atoms with Crippen molar-refractivity contribution in [2.75, 3.05) is 6.54 Å². The van der Waals surface area contributed by atoms with Crippen LogP contribution in [0.3, 0.4) is 0 Å². The van der Waals surface area contributed by atoms with E-state index in [1.54, 1.807) is 0 Å². The van der Waals surface area contributed by atoms with Crippen LogP contribution < -0.4 is 5.32 Å². The molecule has 3 rings (SSSR count). The SMILES string of the molecule is C1=NCC(Cc2ccccc2-c2ccccc2)N1. The molecule has 2 aromatic rings. The maximum absolute atomic E-state index is 4.23. The van der Waals surface area contributed by atoms with E-state index in [1.807, 2.05) is 6.34 Å². The number of nitrogens with zero attached hydrogens (tertiary/aromatic N) is 1. The Morgan fingerprint density at radius 1 is 1.00 bits per heavy atom. The predicted molar refractivity (Wildman–Crippen MR) is 75.9 cm³/mol. The third-order valence-electron chi connectivity index (χ3n) is 3.30. The highest BCUT2D eigenvalue weighted by atomic mass is 15.0. The van der Waals surface area contributed by atoms with Crippen LogP contribution in [0.5, 0.6) is 0 Å². The van der Waals surface area contributed by atoms with Crippen molar-refractivity contribution in [2.45, 2.75) is 12.5 Å². The van der Waals surface area contributed by atoms with E-state index in [4.69, 9.17) is 0 Å². The molecule has 1 aliphatic rings. The minimum atomic E-state index is 0.440. The molecule has 0 saturated heterocycles. The van der Waals surface area contributed by atoms with Gasteiger partial charge in [-0.25, -0.2) is 0 Å². The average Bonchev–Trinajstić information content (AvgIpc) is 2.93. The van der Waals surface area contributed by atoms with Gasteiger partial charge in [0.25, 0.3) is 0 Å². The number of nitrogens with one attached hydrogen (secondary N) is 1. The molecule has 0 fully saturated rings. The van der Waals surface area contributed by atoms with E-state index in [9.17, 15) is 0 Å². The summed E-state index contributed by atoms with van der Waals surface area (Å²) < 4.78 is 0. The molecule has 1 unspecified atom stereocenters. The lowest BCUT2D eigenvalue weighted by Crippen LogP contribution is -2.27. The number of benzene rings is 2. The maximum Gasteiger partial charge on any atom is 0.0827 e. The first-order valence-corrected chi connectivity index (χ1v) is 6.31. The topological polar surface area (TPSA) is 24.4 Å². The maximum atomic E-state index is 4.23. The van der Waals surface area contributed by atoms with E-state index < -0.39 is 0 Å². The first-order chi connectivity index (χ1) is 8.93. The lowest BCUT2D eigenvalue weighted by atomic mass is 9.95. The molecule has 0 aromatic heterocycles. The second-order valence-electron chi connectivity index (χ2n) is 4.59. The van der Waals surface area contributed by atoms with Gasteiger partial charge in [0.1, 0.15) is 0 Å². The van der Waals surface area contributed by atoms with Crippen molar-refractivity contribution < 1.29 is 0 Å². The second kappa shape index (κ2) is 5.05. The molecule has 0 radical (unpaired) electrons. The van der Waals surface area contributed by atoms with Gasteiger partial charge in [0.15, 0.2) is 0 Å². The zero-order valence-electron chi connectivity index (χ0n) is 10.2. The first kappa shape index (κ1) is 11.0. The third kappa shape index (κ3) is 2.28. The molecule has 2 nitrogen and oxygen atoms in total. The molecule has 1 heterocycles. The lowest BCUT2D eigenvalue weighted by Gasteiger charge is -2.14. The zero-order valence-corrected chi connectivity index (χ0v) is 10.2. The Morgan fingerprint density at radius 2 is 1.78 bits per heavy atom. The Hall–Kier alpha value is -2.09. The van der Waals surface area contributed by atoms with Crippen LogP contribution in [0.1, 0.15) is 5.56 Å². The molecule has 2 heteroatoms. The summed E-state index contributed by atoms with van der Waals surface area (Å²) in [5.74, 6) is 0. The van der Waals surface area contributed by atoms with Gasteiger partial charge >= 0.3 is 0 Å². The summed E-state index contributed by atoms with van der Waals surface area (Å²) in [4.78, 5) is 4.23. The molecule has 0 saturated carbocycles. The Morgan fingerprint density at radius 3 is 2.56 bits per heavy atom. The summed E-state index contributed by atoms with van der Waals surface area (Å²) in [5, 5.41) is 3.29. The highest BCUT2D eigenvalue weighted by molar-refractivity contribution is 5.67. The summed E-state index contributed by atoms with van der Waals surface area (Å²) in [5.41, 5.74) is 3.99. The molecule has 2 aromatic carbocycles. The van der Waals surface area contributed by atoms with Crippen molar-refractivity contribution in [3.63, 3.8) is 0 Å². The van der Waals surface area contributed by atoms with Gasteiger partial charge in [-0.05, 0) is 23.1 Å². The average molecular weight is 236 g/mol. The van der Waals surface area contributed by atoms with Crippen LogP contribution >= 0.6 is 0 Å². The molecule has 1 aliphatic heterocycles. The van der Waals surface area contributed by atoms with Gasteiger partial charge in [0.05, 0.1) is 18.9 Å². The zero-order chi connectivity index (χ0) is 12.2. The van der Waals surface area contributed by atoms with Crippen molar-refractivity contribution in [3.05, 3.63) is 60.2 Å². The monoisotopic (exact) mass is 236 g/mol. The Kier molecular flexibility index (Phi) is 3.09. The van der Waals surface area contributed by atoms with Gasteiger partial charge in [-0.2, -0.15) is 0 Å². The second-order valence-corrected chi connectivity index (χ2v) is 4.59. The molecular weight excluding hydrogens is 220 g/mol. The van der Waals surface area contributed by atoms with Crippen LogP contribution in [-0.2, 0) is 6.42 Å². The van der Waals surface area contributed by atoms with Gasteiger partial charge in [0.2, 0.25) is 0 Å². The molecule has 0 bridgehead atoms. The third-order valence-corrected chi connectivity index (χ3v) is 3.30. The predicted octanol–water partition coefficient (Wildman–Crippen LogP) is 2.90. The Bertz CT molecular complexity index is 538. The van der Waals surface area contributed by atoms with Gasteiger partial charge in [0, 0.05) is 0 Å². The molecule has 18 heavy (non-hydrogen) atoms. The minimum Gasteiger partial charge on any atom is -0.372 e. The van der Waals surface area contributed by atoms with Crippen molar-refractivity contribution in [3.8, 4) is 11.1 Å². The van der Waals surface area contributed by atoms with Crippen molar-refractivity contribution in [1.29, 1.82) is 0 Å². The molecular formula is C16H16N2. The van der Waals surface area contributed by atoms with Crippen molar-refractivity contribution in [1.82, 2.24) is 5.32 Å². The van der Waals surface area contributed by atoms with Gasteiger partial charge < -0.3 is 5.32 Å². The largest absolute Gasteiger partial charge is 0.372 e. The summed E-state index contributed by atoms with van der Waals surface area (Å²) in [7, 11) is 0. The molecule has 90 valence electrons. The van der Waals surface area contributed by atoms with Crippen molar-refractivity contribution in [2.24, 2.45) is 4.99 Å². The van der Waals surface area contributed by atoms with E-state index in [1.165, 1.54) is 16.7 Å². The normalized spacial score (nSPS) is 17.7. The fourth-order valence-corrected chi connectivity index (χ4v) is 2.38. The highest BCUT2D eigenvalue weighted by Gasteiger charge is 2.13. The van der Waals surface area contributed by atoms with Crippen molar-refractivity contribution >= 4 is 6.34 Å². The van der Waals surface area contributed by atoms with Crippen LogP contribution in [0.15, 0.2) is 59.6 Å². The van der Waals surface area contributed by atoms with Crippen LogP contribution in [0.2, 0.25) is 0 Å². The van der Waals surface area contributed by atoms with Gasteiger partial charge in [-0.1, -0.05) is 54.6 Å². The van der Waals surface area contributed by atoms with Crippen LogP contribution in [0.4, 0.5) is 0 Å². The first-order valence-electron chi connectivity index (χ1n) is 6.31. The Labute approximate surface area is 107 Å². The number of hydrogen-bond donors (Lipinski definition) is 1. The van der Waals surface area contributed by atoms with Gasteiger partial charge in [-0.3, -0.25) is 4.99 Å². The summed E-state index contributed by atoms with van der Waals surface area (Å²) in [6.07, 6.45) is 2.83. The van der Waals surface area contributed by atoms with Crippen LogP contribution in [0, 0.1) is 0 Å². The molecule has 0 spiro atoms. The van der Waals surface area contributed by atoms with E-state index in [-0.39, 0.29) is 0 Å². The Balaban J connectivity index is 1.90. The van der Waals surface area contributed by atoms with Gasteiger partial charge in [-0.15, -0.1) is 0 Å². The summed E-state index contributed by atoms with van der Waals surface area (Å²) in [6.45, 7) is 0.878. The fourth-order valence-electron chi connectivity index (χ4n) is 2.38. The fraction of sp³-hybridized carbons (Fsp3) is 0.188. The molecule has 0 amide bonds. The lowest BCUT2D eigenvalue weighted by molar-refractivity contribution is 0.657. The smallest absolute Gasteiger partial charge is 0.0827 e. The number of rotatable bonds is 3. The minimum absolute atomic E-state index is 0.440. The van der Waals surface area contributed by atoms with Crippen LogP contribution in [0.25, 0.3) is 11.1 Å².